The van der Waals surface area contributed by atoms with Gasteiger partial charge >= 0.3 is 12.2 Å². The topological polar surface area (TPSA) is 74.5 Å². The Labute approximate surface area is 107 Å². The van der Waals surface area contributed by atoms with E-state index < -0.39 is 22.9 Å². The number of aromatic nitrogens is 1. The molecule has 0 spiro atoms. The Morgan fingerprint density at radius 3 is 2.50 bits per heavy atom. The SMILES string of the molecule is COc1cc(OC(F)(F)F)c([N+](=O)[O-])nc1CBr. The van der Waals surface area contributed by atoms with Crippen LogP contribution in [0.2, 0.25) is 0 Å². The summed E-state index contributed by atoms with van der Waals surface area (Å²) in [6, 6.07) is 0.773. The van der Waals surface area contributed by atoms with Crippen LogP contribution in [0.15, 0.2) is 6.07 Å². The molecule has 0 radical (unpaired) electrons. The van der Waals surface area contributed by atoms with Crippen molar-refractivity contribution < 1.29 is 27.6 Å². The number of hydrogen-bond acceptors (Lipinski definition) is 5. The Bertz CT molecular complexity index is 466. The van der Waals surface area contributed by atoms with E-state index in [0.717, 1.165) is 6.07 Å². The smallest absolute Gasteiger partial charge is 0.492 e. The molecule has 0 bridgehead atoms. The molecule has 1 aromatic rings. The fraction of sp³-hybridized carbons (Fsp3) is 0.375. The van der Waals surface area contributed by atoms with Crippen molar-refractivity contribution in [2.24, 2.45) is 0 Å². The van der Waals surface area contributed by atoms with Crippen LogP contribution in [0, 0.1) is 10.1 Å². The largest absolute Gasteiger partial charge is 0.573 e. The highest BCUT2D eigenvalue weighted by molar-refractivity contribution is 9.08. The number of halogens is 4. The van der Waals surface area contributed by atoms with Gasteiger partial charge in [0.1, 0.15) is 0 Å². The minimum atomic E-state index is -5.05. The van der Waals surface area contributed by atoms with Gasteiger partial charge in [0.05, 0.1) is 12.4 Å². The minimum Gasteiger partial charge on any atom is -0.492 e. The molecule has 0 saturated heterocycles. The molecule has 0 N–H and O–H groups in total. The van der Waals surface area contributed by atoms with E-state index in [1.165, 1.54) is 7.11 Å². The molecule has 0 aliphatic heterocycles. The standard InChI is InChI=1S/C8H6BrF3N2O4/c1-17-5-2-6(18-8(10,11)12)7(14(15)16)13-4(5)3-9/h2H,3H2,1H3. The molecule has 100 valence electrons. The maximum absolute atomic E-state index is 12.1. The third-order valence-corrected chi connectivity index (χ3v) is 2.28. The second-order valence-electron chi connectivity index (χ2n) is 2.90. The highest BCUT2D eigenvalue weighted by atomic mass is 79.9. The second-order valence-corrected chi connectivity index (χ2v) is 3.46. The summed E-state index contributed by atoms with van der Waals surface area (Å²) in [5.41, 5.74) is 0.0960. The lowest BCUT2D eigenvalue weighted by Crippen LogP contribution is -2.18. The molecule has 18 heavy (non-hydrogen) atoms. The molecule has 0 aromatic carbocycles. The fourth-order valence-electron chi connectivity index (χ4n) is 1.11. The molecule has 0 aliphatic rings. The summed E-state index contributed by atoms with van der Waals surface area (Å²) in [4.78, 5) is 13.0. The zero-order chi connectivity index (χ0) is 13.9. The first-order valence-corrected chi connectivity index (χ1v) is 5.44. The highest BCUT2D eigenvalue weighted by Crippen LogP contribution is 2.35. The van der Waals surface area contributed by atoms with Crippen LogP contribution in [0.25, 0.3) is 0 Å². The summed E-state index contributed by atoms with van der Waals surface area (Å²) in [7, 11) is 1.20. The molecule has 0 aliphatic carbocycles. The van der Waals surface area contributed by atoms with E-state index in [0.29, 0.717) is 0 Å². The van der Waals surface area contributed by atoms with Gasteiger partial charge in [0.2, 0.25) is 11.4 Å². The molecule has 1 aromatic heterocycles. The van der Waals surface area contributed by atoms with E-state index in [2.05, 4.69) is 25.7 Å². The van der Waals surface area contributed by atoms with Crippen LogP contribution in [0.5, 0.6) is 11.5 Å². The third kappa shape index (κ3) is 3.45. The molecular formula is C8H6BrF3N2O4. The quantitative estimate of drug-likeness (QED) is 0.482. The van der Waals surface area contributed by atoms with Crippen LogP contribution in [0.3, 0.4) is 0 Å². The van der Waals surface area contributed by atoms with Crippen molar-refractivity contribution in [3.63, 3.8) is 0 Å². The van der Waals surface area contributed by atoms with E-state index in [-0.39, 0.29) is 16.8 Å². The van der Waals surface area contributed by atoms with Gasteiger partial charge in [0, 0.05) is 6.07 Å². The molecule has 6 nitrogen and oxygen atoms in total. The van der Waals surface area contributed by atoms with Crippen molar-refractivity contribution in [3.8, 4) is 11.5 Å². The lowest BCUT2D eigenvalue weighted by Gasteiger charge is -2.10. The summed E-state index contributed by atoms with van der Waals surface area (Å²) in [6.07, 6.45) is -5.05. The molecule has 1 rings (SSSR count). The zero-order valence-electron chi connectivity index (χ0n) is 8.82. The second kappa shape index (κ2) is 5.38. The molecule has 1 heterocycles. The first-order valence-electron chi connectivity index (χ1n) is 4.32. The number of nitrogens with zero attached hydrogens (tertiary/aromatic N) is 2. The molecular weight excluding hydrogens is 325 g/mol. The number of pyridine rings is 1. The molecule has 0 saturated carbocycles. The summed E-state index contributed by atoms with van der Waals surface area (Å²) in [5, 5.41) is 10.7. The zero-order valence-corrected chi connectivity index (χ0v) is 10.4. The summed E-state index contributed by atoms with van der Waals surface area (Å²) >= 11 is 2.99. The van der Waals surface area contributed by atoms with Crippen molar-refractivity contribution in [2.45, 2.75) is 11.7 Å². The molecule has 0 atom stereocenters. The first kappa shape index (κ1) is 14.5. The summed E-state index contributed by atoms with van der Waals surface area (Å²) < 4.78 is 44.5. The van der Waals surface area contributed by atoms with Crippen molar-refractivity contribution >= 4 is 21.7 Å². The van der Waals surface area contributed by atoms with Gasteiger partial charge in [-0.15, -0.1) is 13.2 Å². The molecule has 0 fully saturated rings. The van der Waals surface area contributed by atoms with Crippen LogP contribution in [-0.2, 0) is 5.33 Å². The summed E-state index contributed by atoms with van der Waals surface area (Å²) in [5.74, 6) is -2.09. The first-order chi connectivity index (χ1) is 8.28. The van der Waals surface area contributed by atoms with Gasteiger partial charge in [0.25, 0.3) is 0 Å². The minimum absolute atomic E-state index is 0.0447. The average Bonchev–Trinajstić information content (AvgIpc) is 2.25. The van der Waals surface area contributed by atoms with E-state index in [1.807, 2.05) is 0 Å². The molecule has 0 unspecified atom stereocenters. The predicted molar refractivity (Wildman–Crippen MR) is 56.8 cm³/mol. The number of rotatable bonds is 4. The number of ether oxygens (including phenoxy) is 2. The normalized spacial score (nSPS) is 11.2. The van der Waals surface area contributed by atoms with Gasteiger partial charge in [-0.25, -0.2) is 0 Å². The van der Waals surface area contributed by atoms with E-state index >= 15 is 0 Å². The van der Waals surface area contributed by atoms with E-state index in [9.17, 15) is 23.3 Å². The van der Waals surface area contributed by atoms with Crippen LogP contribution in [0.4, 0.5) is 19.0 Å². The van der Waals surface area contributed by atoms with Crippen LogP contribution in [-0.4, -0.2) is 23.4 Å². The third-order valence-electron chi connectivity index (χ3n) is 1.75. The van der Waals surface area contributed by atoms with Crippen LogP contribution in [0.1, 0.15) is 5.69 Å². The lowest BCUT2D eigenvalue weighted by molar-refractivity contribution is -0.393. The van der Waals surface area contributed by atoms with Crippen LogP contribution >= 0.6 is 15.9 Å². The average molecular weight is 331 g/mol. The molecule has 0 amide bonds. The fourth-order valence-corrected chi connectivity index (χ4v) is 1.51. The molecule has 10 heteroatoms. The van der Waals surface area contributed by atoms with Gasteiger partial charge in [-0.05, 0) is 9.91 Å². The van der Waals surface area contributed by atoms with Crippen LogP contribution < -0.4 is 9.47 Å². The van der Waals surface area contributed by atoms with E-state index in [4.69, 9.17) is 4.74 Å². The van der Waals surface area contributed by atoms with Crippen molar-refractivity contribution in [2.75, 3.05) is 7.11 Å². The predicted octanol–water partition coefficient (Wildman–Crippen LogP) is 2.79. The monoisotopic (exact) mass is 330 g/mol. The maximum Gasteiger partial charge on any atom is 0.573 e. The van der Waals surface area contributed by atoms with Gasteiger partial charge in [-0.3, -0.25) is 0 Å². The van der Waals surface area contributed by atoms with Gasteiger partial charge in [-0.1, -0.05) is 15.9 Å². The van der Waals surface area contributed by atoms with Gasteiger partial charge in [-0.2, -0.15) is 0 Å². The number of methoxy groups -OCH3 is 1. The van der Waals surface area contributed by atoms with Crippen molar-refractivity contribution in [3.05, 3.63) is 21.9 Å². The number of hydrogen-bond donors (Lipinski definition) is 0. The Balaban J connectivity index is 3.33. The Kier molecular flexibility index (Phi) is 4.33. The Morgan fingerprint density at radius 2 is 2.11 bits per heavy atom. The van der Waals surface area contributed by atoms with Crippen molar-refractivity contribution in [1.82, 2.24) is 4.98 Å². The van der Waals surface area contributed by atoms with E-state index in [1.54, 1.807) is 0 Å². The number of nitro groups is 1. The van der Waals surface area contributed by atoms with Gasteiger partial charge in [0.15, 0.2) is 5.75 Å². The van der Waals surface area contributed by atoms with Gasteiger partial charge < -0.3 is 19.6 Å². The highest BCUT2D eigenvalue weighted by Gasteiger charge is 2.36. The van der Waals surface area contributed by atoms with Crippen molar-refractivity contribution in [1.29, 1.82) is 0 Å². The number of alkyl halides is 4. The Hall–Kier alpha value is -1.58. The summed E-state index contributed by atoms with van der Waals surface area (Å²) in [6.45, 7) is 0. The lowest BCUT2D eigenvalue weighted by atomic mass is 10.3. The maximum atomic E-state index is 12.1. The Morgan fingerprint density at radius 1 is 1.50 bits per heavy atom.